The van der Waals surface area contributed by atoms with Gasteiger partial charge in [-0.2, -0.15) is 0 Å². The van der Waals surface area contributed by atoms with E-state index in [1.165, 1.54) is 6.07 Å². The molecule has 88 valence electrons. The summed E-state index contributed by atoms with van der Waals surface area (Å²) in [5, 5.41) is 18.4. The maximum atomic E-state index is 10.1. The van der Waals surface area contributed by atoms with Crippen LogP contribution in [0.25, 0.3) is 0 Å². The molecule has 16 heavy (non-hydrogen) atoms. The Morgan fingerprint density at radius 2 is 1.75 bits per heavy atom. The lowest BCUT2D eigenvalue weighted by Crippen LogP contribution is -1.86. The van der Waals surface area contributed by atoms with Crippen molar-refractivity contribution in [2.45, 2.75) is 38.5 Å². The van der Waals surface area contributed by atoms with E-state index >= 15 is 0 Å². The Morgan fingerprint density at radius 3 is 2.44 bits per heavy atom. The summed E-state index contributed by atoms with van der Waals surface area (Å²) < 4.78 is 0. The van der Waals surface area contributed by atoms with E-state index in [1.807, 2.05) is 6.07 Å². The smallest absolute Gasteiger partial charge is 0.157 e. The van der Waals surface area contributed by atoms with Gasteiger partial charge in [-0.1, -0.05) is 18.9 Å². The van der Waals surface area contributed by atoms with Crippen molar-refractivity contribution in [1.82, 2.24) is 0 Å². The zero-order valence-corrected chi connectivity index (χ0v) is 9.35. The van der Waals surface area contributed by atoms with Crippen LogP contribution in [0.2, 0.25) is 0 Å². The molecular weight excluding hydrogens is 204 g/mol. The first-order valence-corrected chi connectivity index (χ1v) is 5.68. The minimum Gasteiger partial charge on any atom is -0.504 e. The van der Waals surface area contributed by atoms with Crippen LogP contribution in [0.15, 0.2) is 18.2 Å². The molecule has 1 aromatic carbocycles. The fraction of sp³-hybridized carbons (Fsp3) is 0.462. The van der Waals surface area contributed by atoms with Crippen molar-refractivity contribution in [3.05, 3.63) is 23.8 Å². The third-order valence-corrected chi connectivity index (χ3v) is 2.58. The normalized spacial score (nSPS) is 10.2. The topological polar surface area (TPSA) is 57.5 Å². The second kappa shape index (κ2) is 6.88. The Kier molecular flexibility index (Phi) is 5.40. The van der Waals surface area contributed by atoms with Gasteiger partial charge in [0.15, 0.2) is 11.5 Å². The number of hydrogen-bond donors (Lipinski definition) is 2. The van der Waals surface area contributed by atoms with Crippen molar-refractivity contribution in [1.29, 1.82) is 0 Å². The summed E-state index contributed by atoms with van der Waals surface area (Å²) in [7, 11) is 0. The van der Waals surface area contributed by atoms with Gasteiger partial charge in [-0.15, -0.1) is 0 Å². The van der Waals surface area contributed by atoms with E-state index in [4.69, 9.17) is 5.11 Å². The van der Waals surface area contributed by atoms with Crippen molar-refractivity contribution < 1.29 is 15.0 Å². The van der Waals surface area contributed by atoms with Crippen LogP contribution < -0.4 is 0 Å². The number of phenols is 2. The quantitative estimate of drug-likeness (QED) is 0.423. The standard InChI is InChI=1S/C13H18O3/c14-9-5-3-1-2-4-6-11-7-8-12(15)13(16)10-11/h7-10,15-16H,1-6H2. The third-order valence-electron chi connectivity index (χ3n) is 2.58. The Morgan fingerprint density at radius 1 is 1.00 bits per heavy atom. The lowest BCUT2D eigenvalue weighted by Gasteiger charge is -2.03. The van der Waals surface area contributed by atoms with Gasteiger partial charge in [0.1, 0.15) is 6.29 Å². The number of carbonyl (C=O) groups excluding carboxylic acids is 1. The van der Waals surface area contributed by atoms with Crippen LogP contribution in [0.1, 0.15) is 37.7 Å². The first kappa shape index (κ1) is 12.6. The molecule has 3 nitrogen and oxygen atoms in total. The van der Waals surface area contributed by atoms with Gasteiger partial charge in [-0.05, 0) is 37.0 Å². The number of aryl methyl sites for hydroxylation is 1. The van der Waals surface area contributed by atoms with E-state index in [0.717, 1.165) is 44.0 Å². The number of phenolic OH excluding ortho intramolecular Hbond substituents is 2. The summed E-state index contributed by atoms with van der Waals surface area (Å²) in [6, 6.07) is 4.93. The van der Waals surface area contributed by atoms with Crippen molar-refractivity contribution in [3.8, 4) is 11.5 Å². The minimum atomic E-state index is -0.0743. The number of unbranched alkanes of at least 4 members (excludes halogenated alkanes) is 4. The minimum absolute atomic E-state index is 0.0570. The molecule has 0 aromatic heterocycles. The van der Waals surface area contributed by atoms with Gasteiger partial charge < -0.3 is 15.0 Å². The molecule has 1 rings (SSSR count). The average molecular weight is 222 g/mol. The Labute approximate surface area is 95.7 Å². The van der Waals surface area contributed by atoms with Crippen LogP contribution in [-0.2, 0) is 11.2 Å². The molecule has 0 aliphatic heterocycles. The van der Waals surface area contributed by atoms with Crippen molar-refractivity contribution in [3.63, 3.8) is 0 Å². The monoisotopic (exact) mass is 222 g/mol. The summed E-state index contributed by atoms with van der Waals surface area (Å²) in [6.07, 6.45) is 6.68. The van der Waals surface area contributed by atoms with Crippen LogP contribution in [0.4, 0.5) is 0 Å². The van der Waals surface area contributed by atoms with Crippen molar-refractivity contribution in [2.75, 3.05) is 0 Å². The molecule has 0 radical (unpaired) electrons. The van der Waals surface area contributed by atoms with E-state index in [0.29, 0.717) is 6.42 Å². The molecule has 0 fully saturated rings. The predicted molar refractivity (Wildman–Crippen MR) is 62.6 cm³/mol. The molecule has 0 saturated heterocycles. The zero-order chi connectivity index (χ0) is 11.8. The van der Waals surface area contributed by atoms with Crippen LogP contribution in [0, 0.1) is 0 Å². The van der Waals surface area contributed by atoms with Crippen LogP contribution >= 0.6 is 0 Å². The Balaban J connectivity index is 2.21. The van der Waals surface area contributed by atoms with E-state index < -0.39 is 0 Å². The summed E-state index contributed by atoms with van der Waals surface area (Å²) in [4.78, 5) is 10.1. The highest BCUT2D eigenvalue weighted by Gasteiger charge is 2.00. The molecule has 0 unspecified atom stereocenters. The van der Waals surface area contributed by atoms with Gasteiger partial charge in [-0.3, -0.25) is 0 Å². The molecule has 0 aliphatic carbocycles. The maximum absolute atomic E-state index is 10.1. The SMILES string of the molecule is O=CCCCCCCc1ccc(O)c(O)c1. The maximum Gasteiger partial charge on any atom is 0.157 e. The highest BCUT2D eigenvalue weighted by Crippen LogP contribution is 2.25. The predicted octanol–water partition coefficient (Wildman–Crippen LogP) is 2.79. The molecule has 1 aromatic rings. The Hall–Kier alpha value is -1.51. The van der Waals surface area contributed by atoms with Crippen LogP contribution in [0.5, 0.6) is 11.5 Å². The van der Waals surface area contributed by atoms with Crippen molar-refractivity contribution >= 4 is 6.29 Å². The fourth-order valence-corrected chi connectivity index (χ4v) is 1.63. The highest BCUT2D eigenvalue weighted by atomic mass is 16.3. The number of carbonyl (C=O) groups is 1. The molecule has 0 aliphatic rings. The first-order chi connectivity index (χ1) is 7.74. The highest BCUT2D eigenvalue weighted by molar-refractivity contribution is 5.48. The average Bonchev–Trinajstić information content (AvgIpc) is 2.28. The van der Waals surface area contributed by atoms with Gasteiger partial charge in [0.25, 0.3) is 0 Å². The molecule has 0 spiro atoms. The van der Waals surface area contributed by atoms with Gasteiger partial charge >= 0.3 is 0 Å². The molecule has 0 amide bonds. The third kappa shape index (κ3) is 4.34. The van der Waals surface area contributed by atoms with Gasteiger partial charge in [0.2, 0.25) is 0 Å². The largest absolute Gasteiger partial charge is 0.504 e. The van der Waals surface area contributed by atoms with Crippen LogP contribution in [-0.4, -0.2) is 16.5 Å². The van der Waals surface area contributed by atoms with Gasteiger partial charge in [0, 0.05) is 6.42 Å². The molecule has 0 saturated carbocycles. The summed E-state index contributed by atoms with van der Waals surface area (Å²) in [5.74, 6) is -0.131. The molecule has 0 bridgehead atoms. The van der Waals surface area contributed by atoms with E-state index in [9.17, 15) is 9.90 Å². The molecule has 0 heterocycles. The number of rotatable bonds is 7. The summed E-state index contributed by atoms with van der Waals surface area (Å²) in [5.41, 5.74) is 1.03. The number of aldehydes is 1. The lowest BCUT2D eigenvalue weighted by molar-refractivity contribution is -0.107. The molecule has 2 N–H and O–H groups in total. The summed E-state index contributed by atoms with van der Waals surface area (Å²) in [6.45, 7) is 0. The number of benzene rings is 1. The van der Waals surface area contributed by atoms with Crippen LogP contribution in [0.3, 0.4) is 0 Å². The van der Waals surface area contributed by atoms with E-state index in [2.05, 4.69) is 0 Å². The Bertz CT molecular complexity index is 334. The number of hydrogen-bond acceptors (Lipinski definition) is 3. The molecule has 0 atom stereocenters. The summed E-state index contributed by atoms with van der Waals surface area (Å²) >= 11 is 0. The zero-order valence-electron chi connectivity index (χ0n) is 9.35. The lowest BCUT2D eigenvalue weighted by atomic mass is 10.1. The van der Waals surface area contributed by atoms with Gasteiger partial charge in [0.05, 0.1) is 0 Å². The van der Waals surface area contributed by atoms with E-state index in [-0.39, 0.29) is 11.5 Å². The fourth-order valence-electron chi connectivity index (χ4n) is 1.63. The van der Waals surface area contributed by atoms with Crippen molar-refractivity contribution in [2.24, 2.45) is 0 Å². The molecule has 3 heteroatoms. The van der Waals surface area contributed by atoms with Gasteiger partial charge in [-0.25, -0.2) is 0 Å². The van der Waals surface area contributed by atoms with E-state index in [1.54, 1.807) is 6.07 Å². The number of aromatic hydroxyl groups is 2. The second-order valence-electron chi connectivity index (χ2n) is 3.94. The second-order valence-corrected chi connectivity index (χ2v) is 3.94. The molecular formula is C13H18O3. The first-order valence-electron chi connectivity index (χ1n) is 5.68.